The summed E-state index contributed by atoms with van der Waals surface area (Å²) in [6.07, 6.45) is 3.69. The largest absolute Gasteiger partial charge is 0.507 e. The number of hydrogen-bond acceptors (Lipinski definition) is 12. The number of esters is 1. The summed E-state index contributed by atoms with van der Waals surface area (Å²) in [5, 5.41) is 49.4. The lowest BCUT2D eigenvalue weighted by Gasteiger charge is -2.38. The first-order valence-electron chi connectivity index (χ1n) is 19.0. The lowest BCUT2D eigenvalue weighted by Crippen LogP contribution is -2.46. The van der Waals surface area contributed by atoms with Gasteiger partial charge in [0.05, 0.1) is 46.7 Å². The van der Waals surface area contributed by atoms with Gasteiger partial charge in [0.1, 0.15) is 17.6 Å². The Morgan fingerprint density at radius 1 is 0.912 bits per heavy atom. The molecule has 2 aliphatic rings. The molecule has 3 aromatic rings. The third kappa shape index (κ3) is 7.30. The molecule has 57 heavy (non-hydrogen) atoms. The number of carbonyl (C=O) groups is 4. The third-order valence-electron chi connectivity index (χ3n) is 11.8. The van der Waals surface area contributed by atoms with Gasteiger partial charge in [0, 0.05) is 84.8 Å². The number of carbonyl (C=O) groups excluding carboxylic acids is 4. The molecule has 9 unspecified atom stereocenters. The van der Waals surface area contributed by atoms with Gasteiger partial charge in [-0.25, -0.2) is 0 Å². The van der Waals surface area contributed by atoms with E-state index in [9.17, 15) is 39.6 Å². The number of benzene rings is 2. The average molecular weight is 791 g/mol. The van der Waals surface area contributed by atoms with Crippen LogP contribution in [0.4, 0.5) is 5.69 Å². The molecule has 9 atom stereocenters. The lowest BCUT2D eigenvalue weighted by atomic mass is 9.78. The quantitative estimate of drug-likeness (QED) is 0.117. The van der Waals surface area contributed by atoms with E-state index in [1.807, 2.05) is 0 Å². The molecule has 1 amide bonds. The van der Waals surface area contributed by atoms with Crippen LogP contribution in [0.25, 0.3) is 21.7 Å². The number of aliphatic hydroxyl groups is 2. The van der Waals surface area contributed by atoms with Gasteiger partial charge in [0.25, 0.3) is 11.7 Å². The summed E-state index contributed by atoms with van der Waals surface area (Å²) < 4.78 is 25.4. The average Bonchev–Trinajstić information content (AvgIpc) is 3.58. The van der Waals surface area contributed by atoms with Crippen molar-refractivity contribution < 1.29 is 58.6 Å². The molecule has 2 aromatic carbocycles. The molecule has 0 fully saturated rings. The summed E-state index contributed by atoms with van der Waals surface area (Å²) in [6.45, 7) is 15.7. The van der Waals surface area contributed by atoms with E-state index in [4.69, 9.17) is 18.9 Å². The Balaban J connectivity index is 1.79. The van der Waals surface area contributed by atoms with Crippen molar-refractivity contribution >= 4 is 50.8 Å². The van der Waals surface area contributed by atoms with Crippen molar-refractivity contribution in [3.8, 4) is 17.2 Å². The molecule has 0 saturated heterocycles. The fourth-order valence-corrected chi connectivity index (χ4v) is 8.25. The Hall–Kier alpha value is -5.18. The number of anilines is 1. The minimum Gasteiger partial charge on any atom is -0.507 e. The summed E-state index contributed by atoms with van der Waals surface area (Å²) in [5.41, 5.74) is 1.09. The van der Waals surface area contributed by atoms with Gasteiger partial charge in [0.15, 0.2) is 11.5 Å². The number of aromatic nitrogens is 1. The first kappa shape index (κ1) is 43.0. The predicted molar refractivity (Wildman–Crippen MR) is 213 cm³/mol. The molecule has 0 radical (unpaired) electrons. The number of rotatable bonds is 3. The number of ether oxygens (including phenoxy) is 4. The molecule has 4 bridgehead atoms. The van der Waals surface area contributed by atoms with Crippen LogP contribution in [0.3, 0.4) is 0 Å². The molecule has 308 valence electrons. The van der Waals surface area contributed by atoms with Crippen molar-refractivity contribution in [2.45, 2.75) is 99.4 Å². The summed E-state index contributed by atoms with van der Waals surface area (Å²) in [7, 11) is 3.12. The molecule has 5 N–H and O–H groups in total. The van der Waals surface area contributed by atoms with E-state index in [-0.39, 0.29) is 61.2 Å². The van der Waals surface area contributed by atoms with E-state index in [1.54, 1.807) is 65.3 Å². The number of fused-ring (bicyclic) bond motifs is 1. The van der Waals surface area contributed by atoms with Gasteiger partial charge >= 0.3 is 11.8 Å². The number of phenols is 2. The molecule has 0 spiro atoms. The number of nitrogens with one attached hydrogen (secondary N) is 1. The summed E-state index contributed by atoms with van der Waals surface area (Å²) in [6, 6.07) is 0. The second kappa shape index (κ2) is 16.0. The van der Waals surface area contributed by atoms with Gasteiger partial charge in [-0.05, 0) is 33.8 Å². The molecular weight excluding hydrogens is 736 g/mol. The third-order valence-corrected chi connectivity index (χ3v) is 11.8. The topological polar surface area (TPSA) is 203 Å². The molecule has 3 heterocycles. The van der Waals surface area contributed by atoms with E-state index in [0.29, 0.717) is 5.69 Å². The van der Waals surface area contributed by atoms with Crippen molar-refractivity contribution in [1.82, 2.24) is 4.57 Å². The number of aromatic hydroxyl groups is 2. The first-order valence-corrected chi connectivity index (χ1v) is 19.0. The standard InChI is InChI=1S/C43H54N2O12/c1-18-14-13-15-19(2)42(53)44-33-30-28(25(8)46)24(7)45(11)34(30)29-31(38(33)51)37(50)23(6)40-32(29)41(52)43(10,57-40)55-17-16-27(54-12)20(3)39(56-26(9)47)22(5)36(49)21(4)35(18)48/h13-18,20-22,27,35-36,39,48-51H,1-12H3,(H,44,53)/b14-13-,17-16+,19-15?. The number of aryl methyl sites for hydroxylation is 1. The SMILES string of the molecule is COC1/C=C/OC2(C)Oc3c(C)c(O)c4c(O)c(c5c(C(C)=O)c(C)n(C)c5c4c3C2=O)NC(=O)C(C)=C/C=C\C(C)C(O)C(C)C(O)C(C)C(OC(C)=O)C1C. The van der Waals surface area contributed by atoms with E-state index in [2.05, 4.69) is 5.32 Å². The monoisotopic (exact) mass is 790 g/mol. The first-order chi connectivity index (χ1) is 26.6. The van der Waals surface area contributed by atoms with Crippen LogP contribution in [0, 0.1) is 37.5 Å². The number of phenolic OH excluding ortho intramolecular Hbond substituents is 2. The van der Waals surface area contributed by atoms with Crippen LogP contribution < -0.4 is 10.1 Å². The highest BCUT2D eigenvalue weighted by Gasteiger charge is 2.50. The molecule has 14 heteroatoms. The Bertz CT molecular complexity index is 2250. The molecule has 14 nitrogen and oxygen atoms in total. The number of allylic oxidation sites excluding steroid dienone is 2. The highest BCUT2D eigenvalue weighted by molar-refractivity contribution is 6.31. The van der Waals surface area contributed by atoms with Crippen molar-refractivity contribution in [2.75, 3.05) is 12.4 Å². The number of methoxy groups -OCH3 is 1. The van der Waals surface area contributed by atoms with Crippen LogP contribution >= 0.6 is 0 Å². The fraction of sp³-hybridized carbons (Fsp3) is 0.488. The molecule has 1 aromatic heterocycles. The number of Topliss-reactive ketones (excluding diaryl/α,β-unsaturated/α-hetero) is 2. The van der Waals surface area contributed by atoms with Gasteiger partial charge in [-0.15, -0.1) is 0 Å². The Labute approximate surface area is 331 Å². The number of ketones is 2. The van der Waals surface area contributed by atoms with Gasteiger partial charge in [-0.1, -0.05) is 45.9 Å². The van der Waals surface area contributed by atoms with Gasteiger partial charge in [-0.3, -0.25) is 19.2 Å². The highest BCUT2D eigenvalue weighted by Crippen LogP contribution is 2.55. The maximum atomic E-state index is 14.6. The van der Waals surface area contributed by atoms with Gasteiger partial charge < -0.3 is 49.3 Å². The van der Waals surface area contributed by atoms with Crippen molar-refractivity contribution in [2.24, 2.45) is 30.7 Å². The van der Waals surface area contributed by atoms with Crippen LogP contribution in [0.1, 0.15) is 87.4 Å². The fourth-order valence-electron chi connectivity index (χ4n) is 8.25. The Morgan fingerprint density at radius 2 is 1.56 bits per heavy atom. The van der Waals surface area contributed by atoms with Crippen LogP contribution in [0.5, 0.6) is 17.2 Å². The normalized spacial score (nSPS) is 29.8. The van der Waals surface area contributed by atoms with Gasteiger partial charge in [-0.2, -0.15) is 0 Å². The van der Waals surface area contributed by atoms with Crippen molar-refractivity contribution in [3.63, 3.8) is 0 Å². The number of nitrogens with zero attached hydrogens (tertiary/aromatic N) is 1. The smallest absolute Gasteiger partial charge is 0.312 e. The Kier molecular flexibility index (Phi) is 12.0. The zero-order valence-electron chi connectivity index (χ0n) is 34.5. The van der Waals surface area contributed by atoms with E-state index in [1.165, 1.54) is 53.2 Å². The second-order valence-corrected chi connectivity index (χ2v) is 15.7. The van der Waals surface area contributed by atoms with Crippen LogP contribution in [-0.2, 0) is 30.8 Å². The minimum atomic E-state index is -1.99. The zero-order valence-corrected chi connectivity index (χ0v) is 34.5. The highest BCUT2D eigenvalue weighted by atomic mass is 16.7. The van der Waals surface area contributed by atoms with Crippen molar-refractivity contribution in [3.05, 3.63) is 58.5 Å². The van der Waals surface area contributed by atoms with Gasteiger partial charge in [0.2, 0.25) is 0 Å². The summed E-state index contributed by atoms with van der Waals surface area (Å²) >= 11 is 0. The molecule has 0 saturated carbocycles. The maximum Gasteiger partial charge on any atom is 0.312 e. The lowest BCUT2D eigenvalue weighted by molar-refractivity contribution is -0.160. The molecule has 5 rings (SSSR count). The number of aliphatic hydroxyl groups excluding tert-OH is 2. The molecular formula is C43H54N2O12. The Morgan fingerprint density at radius 3 is 2.16 bits per heavy atom. The molecule has 0 aliphatic carbocycles. The van der Waals surface area contributed by atoms with Crippen LogP contribution in [-0.4, -0.2) is 85.7 Å². The minimum absolute atomic E-state index is 0.00219. The maximum absolute atomic E-state index is 14.6. The summed E-state index contributed by atoms with van der Waals surface area (Å²) in [5.74, 6) is -7.68. The van der Waals surface area contributed by atoms with Crippen molar-refractivity contribution in [1.29, 1.82) is 0 Å². The number of amides is 1. The van der Waals surface area contributed by atoms with E-state index >= 15 is 0 Å². The molecule has 2 aliphatic heterocycles. The number of hydrogen-bond donors (Lipinski definition) is 5. The summed E-state index contributed by atoms with van der Waals surface area (Å²) in [4.78, 5) is 54.0. The van der Waals surface area contributed by atoms with E-state index in [0.717, 1.165) is 0 Å². The zero-order chi connectivity index (χ0) is 42.6. The predicted octanol–water partition coefficient (Wildman–Crippen LogP) is 6.05. The van der Waals surface area contributed by atoms with E-state index < -0.39 is 83.0 Å². The van der Waals surface area contributed by atoms with Crippen LogP contribution in [0.15, 0.2) is 36.1 Å². The second-order valence-electron chi connectivity index (χ2n) is 15.7. The van der Waals surface area contributed by atoms with Crippen LogP contribution in [0.2, 0.25) is 0 Å².